The SMILES string of the molecule is CNc1cc(C(=O)Nc2ccc(CCO)cc2)ccn1. The number of nitrogens with zero attached hydrogens (tertiary/aromatic N) is 1. The Balaban J connectivity index is 2.06. The Morgan fingerprint density at radius 2 is 2.00 bits per heavy atom. The largest absolute Gasteiger partial charge is 0.396 e. The highest BCUT2D eigenvalue weighted by atomic mass is 16.2. The van der Waals surface area contributed by atoms with Gasteiger partial charge < -0.3 is 15.7 Å². The summed E-state index contributed by atoms with van der Waals surface area (Å²) in [5.74, 6) is 0.467. The third kappa shape index (κ3) is 3.55. The van der Waals surface area contributed by atoms with Gasteiger partial charge in [-0.25, -0.2) is 4.98 Å². The molecule has 2 rings (SSSR count). The third-order valence-electron chi connectivity index (χ3n) is 2.89. The summed E-state index contributed by atoms with van der Waals surface area (Å²) in [7, 11) is 1.75. The van der Waals surface area contributed by atoms with Gasteiger partial charge in [-0.3, -0.25) is 4.79 Å². The van der Waals surface area contributed by atoms with Gasteiger partial charge >= 0.3 is 0 Å². The molecule has 1 heterocycles. The van der Waals surface area contributed by atoms with Crippen LogP contribution < -0.4 is 10.6 Å². The lowest BCUT2D eigenvalue weighted by molar-refractivity contribution is 0.102. The zero-order valence-corrected chi connectivity index (χ0v) is 11.3. The van der Waals surface area contributed by atoms with Gasteiger partial charge in [0.1, 0.15) is 5.82 Å². The van der Waals surface area contributed by atoms with Crippen molar-refractivity contribution in [1.82, 2.24) is 4.98 Å². The molecular weight excluding hydrogens is 254 g/mol. The molecule has 1 amide bonds. The number of aliphatic hydroxyl groups excluding tert-OH is 1. The fraction of sp³-hybridized carbons (Fsp3) is 0.200. The molecule has 0 unspecified atom stereocenters. The van der Waals surface area contributed by atoms with Crippen LogP contribution in [0.4, 0.5) is 11.5 Å². The van der Waals surface area contributed by atoms with Crippen LogP contribution in [0.5, 0.6) is 0 Å². The highest BCUT2D eigenvalue weighted by Crippen LogP contribution is 2.13. The van der Waals surface area contributed by atoms with Crippen molar-refractivity contribution in [2.75, 3.05) is 24.3 Å². The second kappa shape index (κ2) is 6.68. The average molecular weight is 271 g/mol. The van der Waals surface area contributed by atoms with Crippen molar-refractivity contribution in [2.45, 2.75) is 6.42 Å². The molecule has 3 N–H and O–H groups in total. The molecule has 0 aliphatic carbocycles. The van der Waals surface area contributed by atoms with E-state index in [2.05, 4.69) is 15.6 Å². The Bertz CT molecular complexity index is 582. The van der Waals surface area contributed by atoms with Gasteiger partial charge in [0.25, 0.3) is 5.91 Å². The fourth-order valence-corrected chi connectivity index (χ4v) is 1.80. The molecule has 0 fully saturated rings. The van der Waals surface area contributed by atoms with E-state index in [0.717, 1.165) is 11.3 Å². The summed E-state index contributed by atoms with van der Waals surface area (Å²) in [6.45, 7) is 0.121. The predicted octanol–water partition coefficient (Wildman–Crippen LogP) is 1.91. The van der Waals surface area contributed by atoms with Crippen LogP contribution in [0.25, 0.3) is 0 Å². The molecule has 0 aliphatic rings. The second-order valence-corrected chi connectivity index (χ2v) is 4.30. The van der Waals surface area contributed by atoms with Gasteiger partial charge in [-0.15, -0.1) is 0 Å². The molecule has 0 radical (unpaired) electrons. The maximum Gasteiger partial charge on any atom is 0.255 e. The molecule has 5 heteroatoms. The van der Waals surface area contributed by atoms with E-state index >= 15 is 0 Å². The molecule has 0 saturated heterocycles. The number of carbonyl (C=O) groups is 1. The van der Waals surface area contributed by atoms with Crippen LogP contribution in [0.15, 0.2) is 42.6 Å². The molecule has 0 spiro atoms. The molecule has 0 saturated carbocycles. The van der Waals surface area contributed by atoms with Gasteiger partial charge in [0.15, 0.2) is 0 Å². The summed E-state index contributed by atoms with van der Waals surface area (Å²) in [4.78, 5) is 16.2. The van der Waals surface area contributed by atoms with Gasteiger partial charge in [-0.05, 0) is 36.2 Å². The van der Waals surface area contributed by atoms with Crippen LogP contribution in [0.3, 0.4) is 0 Å². The summed E-state index contributed by atoms with van der Waals surface area (Å²) in [6.07, 6.45) is 2.20. The third-order valence-corrected chi connectivity index (χ3v) is 2.89. The maximum absolute atomic E-state index is 12.1. The van der Waals surface area contributed by atoms with Crippen molar-refractivity contribution in [3.8, 4) is 0 Å². The van der Waals surface area contributed by atoms with E-state index in [1.54, 1.807) is 25.4 Å². The Hall–Kier alpha value is -2.40. The summed E-state index contributed by atoms with van der Waals surface area (Å²) >= 11 is 0. The van der Waals surface area contributed by atoms with E-state index in [-0.39, 0.29) is 12.5 Å². The summed E-state index contributed by atoms with van der Waals surface area (Å²) in [6, 6.07) is 10.8. The summed E-state index contributed by atoms with van der Waals surface area (Å²) < 4.78 is 0. The first-order valence-corrected chi connectivity index (χ1v) is 6.38. The van der Waals surface area contributed by atoms with Crippen molar-refractivity contribution in [2.24, 2.45) is 0 Å². The number of benzene rings is 1. The number of hydrogen-bond donors (Lipinski definition) is 3. The Morgan fingerprint density at radius 1 is 1.25 bits per heavy atom. The molecule has 20 heavy (non-hydrogen) atoms. The lowest BCUT2D eigenvalue weighted by Crippen LogP contribution is -2.12. The number of rotatable bonds is 5. The minimum absolute atomic E-state index is 0.121. The van der Waals surface area contributed by atoms with E-state index in [1.807, 2.05) is 24.3 Å². The highest BCUT2D eigenvalue weighted by Gasteiger charge is 2.07. The Kier molecular flexibility index (Phi) is 4.68. The molecule has 2 aromatic rings. The van der Waals surface area contributed by atoms with E-state index in [1.165, 1.54) is 0 Å². The number of aliphatic hydroxyl groups is 1. The lowest BCUT2D eigenvalue weighted by Gasteiger charge is -2.07. The number of nitrogens with one attached hydrogen (secondary N) is 2. The topological polar surface area (TPSA) is 74.2 Å². The monoisotopic (exact) mass is 271 g/mol. The van der Waals surface area contributed by atoms with Crippen LogP contribution in [0.2, 0.25) is 0 Å². The van der Waals surface area contributed by atoms with E-state index in [9.17, 15) is 4.79 Å². The van der Waals surface area contributed by atoms with Crippen LogP contribution in [-0.2, 0) is 6.42 Å². The number of aromatic nitrogens is 1. The zero-order chi connectivity index (χ0) is 14.4. The molecule has 0 atom stereocenters. The maximum atomic E-state index is 12.1. The first kappa shape index (κ1) is 14.0. The van der Waals surface area contributed by atoms with Crippen LogP contribution in [-0.4, -0.2) is 29.7 Å². The molecule has 5 nitrogen and oxygen atoms in total. The number of hydrogen-bond acceptors (Lipinski definition) is 4. The van der Waals surface area contributed by atoms with Crippen LogP contribution in [0, 0.1) is 0 Å². The van der Waals surface area contributed by atoms with Crippen LogP contribution in [0.1, 0.15) is 15.9 Å². The zero-order valence-electron chi connectivity index (χ0n) is 11.3. The minimum Gasteiger partial charge on any atom is -0.396 e. The second-order valence-electron chi connectivity index (χ2n) is 4.30. The van der Waals surface area contributed by atoms with Gasteiger partial charge in [-0.2, -0.15) is 0 Å². The quantitative estimate of drug-likeness (QED) is 0.776. The van der Waals surface area contributed by atoms with Gasteiger partial charge in [0, 0.05) is 31.1 Å². The summed E-state index contributed by atoms with van der Waals surface area (Å²) in [5, 5.41) is 14.6. The molecular formula is C15H17N3O2. The molecule has 104 valence electrons. The van der Waals surface area contributed by atoms with Gasteiger partial charge in [0.05, 0.1) is 0 Å². The van der Waals surface area contributed by atoms with Crippen molar-refractivity contribution in [3.05, 3.63) is 53.7 Å². The summed E-state index contributed by atoms with van der Waals surface area (Å²) in [5.41, 5.74) is 2.30. The molecule has 1 aromatic carbocycles. The van der Waals surface area contributed by atoms with Gasteiger partial charge in [0.2, 0.25) is 0 Å². The minimum atomic E-state index is -0.182. The first-order chi connectivity index (χ1) is 9.72. The Morgan fingerprint density at radius 3 is 2.65 bits per heavy atom. The molecule has 0 aliphatic heterocycles. The predicted molar refractivity (Wildman–Crippen MR) is 79.0 cm³/mol. The standard InChI is InChI=1S/C15H17N3O2/c1-16-14-10-12(6-8-17-14)15(20)18-13-4-2-11(3-5-13)7-9-19/h2-6,8,10,19H,7,9H2,1H3,(H,16,17)(H,18,20). The fourth-order valence-electron chi connectivity index (χ4n) is 1.80. The van der Waals surface area contributed by atoms with Crippen LogP contribution >= 0.6 is 0 Å². The van der Waals surface area contributed by atoms with Crippen molar-refractivity contribution >= 4 is 17.4 Å². The van der Waals surface area contributed by atoms with Crippen molar-refractivity contribution in [3.63, 3.8) is 0 Å². The highest BCUT2D eigenvalue weighted by molar-refractivity contribution is 6.04. The van der Waals surface area contributed by atoms with E-state index in [0.29, 0.717) is 17.8 Å². The number of anilines is 2. The number of carbonyl (C=O) groups excluding carboxylic acids is 1. The first-order valence-electron chi connectivity index (χ1n) is 6.38. The lowest BCUT2D eigenvalue weighted by atomic mass is 10.1. The van der Waals surface area contributed by atoms with Gasteiger partial charge in [-0.1, -0.05) is 12.1 Å². The van der Waals surface area contributed by atoms with E-state index < -0.39 is 0 Å². The molecule has 0 bridgehead atoms. The van der Waals surface area contributed by atoms with E-state index in [4.69, 9.17) is 5.11 Å². The van der Waals surface area contributed by atoms with Crippen molar-refractivity contribution < 1.29 is 9.90 Å². The van der Waals surface area contributed by atoms with Crippen molar-refractivity contribution in [1.29, 1.82) is 0 Å². The smallest absolute Gasteiger partial charge is 0.255 e. The normalized spacial score (nSPS) is 10.1. The number of pyridine rings is 1. The number of amides is 1. The Labute approximate surface area is 117 Å². The average Bonchev–Trinajstić information content (AvgIpc) is 2.49. The molecule has 1 aromatic heterocycles.